The number of hydrogen-bond donors (Lipinski definition) is 0. The summed E-state index contributed by atoms with van der Waals surface area (Å²) in [6, 6.07) is 46.0. The van der Waals surface area contributed by atoms with Crippen molar-refractivity contribution in [3.63, 3.8) is 0 Å². The van der Waals surface area contributed by atoms with Gasteiger partial charge in [-0.2, -0.15) is 37.6 Å². The zero-order valence-electron chi connectivity index (χ0n) is 99.6. The predicted molar refractivity (Wildman–Crippen MR) is 515 cm³/mol. The van der Waals surface area contributed by atoms with E-state index < -0.39 is 163 Å². The fourth-order valence-corrected chi connectivity index (χ4v) is 20.5. The van der Waals surface area contributed by atoms with Gasteiger partial charge in [-0.05, 0) is 161 Å². The van der Waals surface area contributed by atoms with Crippen LogP contribution in [-0.2, 0) is 47.5 Å². The standard InChI is InChI=1S/C60H51N4O.C56H43N4O.2Pt/c1-39-31-56(61-37-53(39)42-21-12-7-13-22-42)64-54-26-15-14-23-51(54)52-30-29-47(36-55(52)64)65-48-34-45(60(2,3)4)33-46(35-48)62-38-63(58-44-28-27-43(32-44)57(58)62)59-49(40-17-8-5-9-18-40)24-16-25-50(59)41-19-10-6-11-20-41;1-37-31-53(57-35-50(37)40-19-9-4-10-20-40)60-51-26-12-11-23-48(51)49-30-29-45(34-52(49)60)61-44-22-13-21-43(33-44)58-36-59(55-42-28-27-41(32-42)54(55)58)56-46(38-15-5-2-6-16-38)24-14-25-47(56)39-17-7-3-8-18-39;;/h5-26,29-31,33-34,37-38,43-44,57-58H,27-28,32H2,1-4H3;2-26,29-31,35-36,41-42,54-55H,27-28,32H2,1H3;;/q2*-3;;/t43-,44?,57+,58?;41-,42?,54+,55?;;/m11../s1/i5D,6D,7D,8D,9D,10D,11D,12D,13D,17D,18D,19D,20D,21D,22D;2D,3D,4D,5D,6D,7D,8D,9D,10D,15D,16D,17D,18D,19D,20D;;. The normalized spacial score (nSPS) is 22.1. The van der Waals surface area contributed by atoms with Gasteiger partial charge in [0.25, 0.3) is 0 Å². The van der Waals surface area contributed by atoms with Crippen molar-refractivity contribution in [3.8, 4) is 101 Å². The van der Waals surface area contributed by atoms with E-state index in [4.69, 9.17) is 55.1 Å². The molecule has 4 unspecified atom stereocenters. The van der Waals surface area contributed by atoms with E-state index in [2.05, 4.69) is 60.9 Å². The monoisotopic (exact) mass is 2050 g/mol. The SMILES string of the molecule is [2H]c1c([2H])c([2H])c(-c2cnc(-n3c4[c-]c(Oc5[c-]c(N6[CH-]N(c7c(-c8c([2H])c([2H])c([2H])c([2H])c8[2H])cccc7-c7c([2H])c([2H])c([2H])c([2H])c7[2H])C7C8CC[C@H](C8)[C@@H]76)cc(C(C)(C)C)c5)ccc4c4ccccc43)cc2C)c([2H])c1[2H].[2H]c1c([2H])c([2H])c(-c2cnc(-n3c4[c-]c(Oc5[c-]c(N6[CH-]N(c7c(-c8c([2H])c([2H])c([2H])c([2H])c8[2H])cccc7-c7c([2H])c([2H])c([2H])c([2H])c7[2H])C7C8CC[C@H](C8)[C@@H]76)ccc5)ccc4c4ccccc43)cc2C)c([2H])c1[2H].[Pt].[Pt]. The smallest absolute Gasteiger partial charge is 0.135 e. The Kier molecular flexibility index (Phi) is 14.6. The van der Waals surface area contributed by atoms with E-state index in [1.807, 2.05) is 149 Å². The molecule has 0 spiro atoms. The van der Waals surface area contributed by atoms with Gasteiger partial charge in [-0.15, -0.1) is 82.3 Å². The first-order chi connectivity index (χ1) is 74.3. The summed E-state index contributed by atoms with van der Waals surface area (Å²) in [6.07, 6.45) is 8.55. The van der Waals surface area contributed by atoms with Gasteiger partial charge in [0.2, 0.25) is 0 Å². The topological polar surface area (TPSA) is 67.1 Å². The largest absolute Gasteiger partial charge is 0.519 e. The minimum Gasteiger partial charge on any atom is -0.519 e. The Bertz CT molecular complexity index is 8810. The third-order valence-electron chi connectivity index (χ3n) is 25.9. The maximum atomic E-state index is 9.18. The zero-order valence-corrected chi connectivity index (χ0v) is 74.2. The molecule has 2 aliphatic heterocycles. The van der Waals surface area contributed by atoms with Gasteiger partial charge in [-0.25, -0.2) is 9.97 Å². The van der Waals surface area contributed by atoms with Gasteiger partial charge >= 0.3 is 0 Å². The molecule has 10 nitrogen and oxygen atoms in total. The van der Waals surface area contributed by atoms with Gasteiger partial charge in [0.15, 0.2) is 0 Å². The molecule has 6 fully saturated rings. The molecule has 24 rings (SSSR count). The van der Waals surface area contributed by atoms with Crippen molar-refractivity contribution in [1.29, 1.82) is 0 Å². The van der Waals surface area contributed by atoms with E-state index >= 15 is 0 Å². The fourth-order valence-electron chi connectivity index (χ4n) is 20.5. The number of aromatic nitrogens is 4. The van der Waals surface area contributed by atoms with Crippen molar-refractivity contribution >= 4 is 66.4 Å². The number of pyridine rings is 2. The van der Waals surface area contributed by atoms with Crippen LogP contribution >= 0.6 is 0 Å². The van der Waals surface area contributed by atoms with Crippen LogP contribution in [0.1, 0.15) is 117 Å². The zero-order chi connectivity index (χ0) is 110. The maximum Gasteiger partial charge on any atom is 0.135 e. The number of rotatable bonds is 16. The summed E-state index contributed by atoms with van der Waals surface area (Å²) in [5, 5.41) is 3.60. The molecule has 14 aromatic carbocycles. The van der Waals surface area contributed by atoms with Crippen LogP contribution in [0.4, 0.5) is 22.7 Å². The van der Waals surface area contributed by atoms with Crippen LogP contribution in [0.5, 0.6) is 23.0 Å². The van der Waals surface area contributed by atoms with Gasteiger partial charge in [0.1, 0.15) is 11.6 Å². The summed E-state index contributed by atoms with van der Waals surface area (Å²) in [6.45, 7) is 13.8. The van der Waals surface area contributed by atoms with E-state index in [0.717, 1.165) is 76.7 Å². The molecule has 0 amide bonds. The first-order valence-electron chi connectivity index (χ1n) is 57.2. The van der Waals surface area contributed by atoms with Crippen molar-refractivity contribution in [3.05, 3.63) is 400 Å². The summed E-state index contributed by atoms with van der Waals surface area (Å²) in [4.78, 5) is 18.0. The van der Waals surface area contributed by atoms with Crippen molar-refractivity contribution in [2.24, 2.45) is 23.7 Å². The number of aryl methyl sites for hydroxylation is 2. The molecule has 8 atom stereocenters. The number of ether oxygens (including phenoxy) is 2. The molecule has 2 saturated heterocycles. The number of para-hydroxylation sites is 4. The average molecular weight is 2050 g/mol. The van der Waals surface area contributed by atoms with Gasteiger partial charge in [0.05, 0.1) is 41.1 Å². The molecule has 6 aliphatic rings. The van der Waals surface area contributed by atoms with E-state index in [-0.39, 0.29) is 170 Å². The minimum atomic E-state index is -0.555. The first-order valence-corrected chi connectivity index (χ1v) is 42.2. The second kappa shape index (κ2) is 34.1. The number of fused-ring (bicyclic) bond motifs is 16. The van der Waals surface area contributed by atoms with Crippen LogP contribution in [0, 0.1) is 75.1 Å². The van der Waals surface area contributed by atoms with Crippen LogP contribution in [-0.4, -0.2) is 43.3 Å². The second-order valence-corrected chi connectivity index (χ2v) is 34.0. The molecule has 4 aliphatic carbocycles. The molecule has 12 heteroatoms. The third kappa shape index (κ3) is 14.7. The summed E-state index contributed by atoms with van der Waals surface area (Å²) in [5.41, 5.74) is 8.47. The van der Waals surface area contributed by atoms with E-state index in [9.17, 15) is 5.48 Å². The Labute approximate surface area is 820 Å². The number of anilines is 4. The maximum absolute atomic E-state index is 9.18. The summed E-state index contributed by atoms with van der Waals surface area (Å²) in [5.74, 6) is 3.29. The van der Waals surface area contributed by atoms with Crippen LogP contribution < -0.4 is 29.1 Å². The molecular weight excluding hydrogens is 1930 g/mol. The minimum absolute atomic E-state index is 0. The van der Waals surface area contributed by atoms with E-state index in [1.54, 1.807) is 42.5 Å². The molecule has 128 heavy (non-hydrogen) atoms. The van der Waals surface area contributed by atoms with Crippen LogP contribution in [0.25, 0.3) is 122 Å². The molecule has 18 aromatic rings. The molecule has 0 radical (unpaired) electrons. The summed E-state index contributed by atoms with van der Waals surface area (Å²) < 4.78 is 277. The van der Waals surface area contributed by atoms with Crippen molar-refractivity contribution < 1.29 is 92.7 Å². The van der Waals surface area contributed by atoms with Crippen LogP contribution in [0.15, 0.2) is 345 Å². The first kappa shape index (κ1) is 55.0. The molecule has 636 valence electrons. The predicted octanol–water partition coefficient (Wildman–Crippen LogP) is 28.3. The van der Waals surface area contributed by atoms with Crippen LogP contribution in [0.3, 0.4) is 0 Å². The molecule has 4 bridgehead atoms. The van der Waals surface area contributed by atoms with Crippen molar-refractivity contribution in [2.45, 2.75) is 103 Å². The van der Waals surface area contributed by atoms with Crippen molar-refractivity contribution in [2.75, 3.05) is 19.6 Å². The Morgan fingerprint density at radius 2 is 0.688 bits per heavy atom. The molecule has 4 saturated carbocycles. The van der Waals surface area contributed by atoms with Crippen LogP contribution in [0.2, 0.25) is 0 Å². The van der Waals surface area contributed by atoms with Gasteiger partial charge < -0.3 is 38.2 Å². The Morgan fingerprint density at radius 1 is 0.344 bits per heavy atom. The Balaban J connectivity index is 0.000000180. The van der Waals surface area contributed by atoms with Gasteiger partial charge in [-0.3, -0.25) is 0 Å². The Hall–Kier alpha value is -12.8. The molecule has 0 N–H and O–H groups in total. The van der Waals surface area contributed by atoms with E-state index in [0.29, 0.717) is 90.7 Å². The average Bonchev–Trinajstić information content (AvgIpc) is 1.54. The quantitative estimate of drug-likeness (QED) is 0.0887. The summed E-state index contributed by atoms with van der Waals surface area (Å²) >= 11 is 0. The number of hydrogen-bond acceptors (Lipinski definition) is 8. The third-order valence-corrected chi connectivity index (χ3v) is 25.9. The number of benzene rings is 14. The fraction of sp³-hybridized carbons (Fsp3) is 0.172. The molecule has 6 heterocycles. The van der Waals surface area contributed by atoms with Gasteiger partial charge in [-0.1, -0.05) is 286 Å². The molecule has 4 aromatic heterocycles. The van der Waals surface area contributed by atoms with Gasteiger partial charge in [0, 0.05) is 157 Å². The second-order valence-electron chi connectivity index (χ2n) is 34.0. The molecular formula is C116H94N8O2Pt2-6. The van der Waals surface area contributed by atoms with Crippen molar-refractivity contribution in [1.82, 2.24) is 19.1 Å². The number of nitrogens with zero attached hydrogens (tertiary/aromatic N) is 8. The summed E-state index contributed by atoms with van der Waals surface area (Å²) in [7, 11) is 0. The Morgan fingerprint density at radius 3 is 1.08 bits per heavy atom. The van der Waals surface area contributed by atoms with E-state index in [1.165, 1.54) is 12.4 Å².